The van der Waals surface area contributed by atoms with E-state index < -0.39 is 11.4 Å². The number of rotatable bonds is 2. The Morgan fingerprint density at radius 3 is 2.47 bits per heavy atom. The van der Waals surface area contributed by atoms with Crippen molar-refractivity contribution >= 4 is 5.97 Å². The van der Waals surface area contributed by atoms with Crippen LogP contribution in [-0.2, 0) is 14.3 Å². The number of ether oxygens (including phenoxy) is 2. The average molecular weight is 214 g/mol. The maximum Gasteiger partial charge on any atom is 0.312 e. The number of carboxylic acids is 1. The summed E-state index contributed by atoms with van der Waals surface area (Å²) in [6, 6.07) is 0. The van der Waals surface area contributed by atoms with Crippen LogP contribution in [0, 0.1) is 5.41 Å². The largest absolute Gasteiger partial charge is 0.481 e. The zero-order valence-electron chi connectivity index (χ0n) is 8.91. The molecule has 2 aliphatic rings. The van der Waals surface area contributed by atoms with Crippen LogP contribution >= 0.6 is 0 Å². The van der Waals surface area contributed by atoms with E-state index in [1.54, 1.807) is 0 Å². The third kappa shape index (κ3) is 2.01. The first-order valence-corrected chi connectivity index (χ1v) is 5.68. The molecule has 4 nitrogen and oxygen atoms in total. The molecule has 1 N–H and O–H groups in total. The predicted octanol–water partition coefficient (Wildman–Crippen LogP) is 1.44. The Labute approximate surface area is 89.6 Å². The van der Waals surface area contributed by atoms with E-state index in [2.05, 4.69) is 0 Å². The molecule has 2 fully saturated rings. The Morgan fingerprint density at radius 2 is 1.93 bits per heavy atom. The maximum atomic E-state index is 11.4. The summed E-state index contributed by atoms with van der Waals surface area (Å²) in [5.74, 6) is -0.710. The van der Waals surface area contributed by atoms with Gasteiger partial charge in [0.05, 0.1) is 11.5 Å². The minimum atomic E-state index is -0.710. The van der Waals surface area contributed by atoms with E-state index in [1.807, 2.05) is 0 Å². The third-order valence-electron chi connectivity index (χ3n) is 3.61. The van der Waals surface area contributed by atoms with Crippen molar-refractivity contribution in [3.05, 3.63) is 0 Å². The summed E-state index contributed by atoms with van der Waals surface area (Å²) in [5.41, 5.74) is -0.682. The number of carboxylic acid groups (broad SMARTS) is 1. The molecule has 1 unspecified atom stereocenters. The van der Waals surface area contributed by atoms with Gasteiger partial charge in [-0.3, -0.25) is 4.79 Å². The molecule has 2 aliphatic heterocycles. The molecule has 86 valence electrons. The van der Waals surface area contributed by atoms with Crippen LogP contribution in [0.5, 0.6) is 0 Å². The van der Waals surface area contributed by atoms with Gasteiger partial charge in [-0.25, -0.2) is 0 Å². The van der Waals surface area contributed by atoms with E-state index >= 15 is 0 Å². The van der Waals surface area contributed by atoms with Crippen LogP contribution in [0.15, 0.2) is 0 Å². The van der Waals surface area contributed by atoms with Gasteiger partial charge in [-0.2, -0.15) is 0 Å². The van der Waals surface area contributed by atoms with Gasteiger partial charge >= 0.3 is 5.97 Å². The van der Waals surface area contributed by atoms with E-state index in [9.17, 15) is 9.90 Å². The Kier molecular flexibility index (Phi) is 3.26. The standard InChI is InChI=1S/C11H18O4/c12-10(13)11(4-7-14-8-5-11)9-3-1-2-6-15-9/h9H,1-8H2,(H,12,13). The Hall–Kier alpha value is -0.610. The van der Waals surface area contributed by atoms with E-state index in [0.717, 1.165) is 19.3 Å². The topological polar surface area (TPSA) is 55.8 Å². The van der Waals surface area contributed by atoms with Crippen molar-refractivity contribution in [3.8, 4) is 0 Å². The number of hydrogen-bond donors (Lipinski definition) is 1. The summed E-state index contributed by atoms with van der Waals surface area (Å²) in [7, 11) is 0. The summed E-state index contributed by atoms with van der Waals surface area (Å²) < 4.78 is 10.9. The molecular weight excluding hydrogens is 196 g/mol. The van der Waals surface area contributed by atoms with Crippen molar-refractivity contribution in [3.63, 3.8) is 0 Å². The normalized spacial score (nSPS) is 31.1. The molecule has 0 amide bonds. The highest BCUT2D eigenvalue weighted by molar-refractivity contribution is 5.75. The van der Waals surface area contributed by atoms with Crippen LogP contribution < -0.4 is 0 Å². The number of aliphatic carboxylic acids is 1. The molecule has 0 aromatic heterocycles. The van der Waals surface area contributed by atoms with E-state index in [4.69, 9.17) is 9.47 Å². The van der Waals surface area contributed by atoms with Crippen molar-refractivity contribution in [2.24, 2.45) is 5.41 Å². The molecule has 0 aromatic rings. The van der Waals surface area contributed by atoms with Gasteiger partial charge in [0.25, 0.3) is 0 Å². The van der Waals surface area contributed by atoms with Crippen LogP contribution in [0.4, 0.5) is 0 Å². The van der Waals surface area contributed by atoms with Crippen LogP contribution in [-0.4, -0.2) is 37.0 Å². The van der Waals surface area contributed by atoms with Gasteiger partial charge < -0.3 is 14.6 Å². The third-order valence-corrected chi connectivity index (χ3v) is 3.61. The van der Waals surface area contributed by atoms with Crippen molar-refractivity contribution in [1.82, 2.24) is 0 Å². The monoisotopic (exact) mass is 214 g/mol. The van der Waals surface area contributed by atoms with Crippen molar-refractivity contribution in [2.75, 3.05) is 19.8 Å². The highest BCUT2D eigenvalue weighted by atomic mass is 16.5. The summed E-state index contributed by atoms with van der Waals surface area (Å²) in [6.07, 6.45) is 4.10. The van der Waals surface area contributed by atoms with Crippen LogP contribution in [0.2, 0.25) is 0 Å². The van der Waals surface area contributed by atoms with Crippen molar-refractivity contribution < 1.29 is 19.4 Å². The second-order valence-electron chi connectivity index (χ2n) is 4.43. The number of carbonyl (C=O) groups is 1. The first-order chi connectivity index (χ1) is 7.26. The number of hydrogen-bond acceptors (Lipinski definition) is 3. The molecular formula is C11H18O4. The first kappa shape index (κ1) is 10.9. The fourth-order valence-corrected chi connectivity index (χ4v) is 2.59. The van der Waals surface area contributed by atoms with Gasteiger partial charge in [-0.05, 0) is 32.1 Å². The van der Waals surface area contributed by atoms with Gasteiger partial charge in [0.1, 0.15) is 0 Å². The molecule has 0 saturated carbocycles. The Morgan fingerprint density at radius 1 is 1.20 bits per heavy atom. The van der Waals surface area contributed by atoms with E-state index in [-0.39, 0.29) is 6.10 Å². The van der Waals surface area contributed by atoms with Gasteiger partial charge in [0, 0.05) is 19.8 Å². The molecule has 0 radical (unpaired) electrons. The summed E-state index contributed by atoms with van der Waals surface area (Å²) in [6.45, 7) is 1.80. The lowest BCUT2D eigenvalue weighted by atomic mass is 9.73. The summed E-state index contributed by atoms with van der Waals surface area (Å²) in [4.78, 5) is 11.4. The predicted molar refractivity (Wildman–Crippen MR) is 53.7 cm³/mol. The highest BCUT2D eigenvalue weighted by Gasteiger charge is 2.48. The molecule has 15 heavy (non-hydrogen) atoms. The smallest absolute Gasteiger partial charge is 0.312 e. The molecule has 0 aromatic carbocycles. The molecule has 0 spiro atoms. The second kappa shape index (κ2) is 4.49. The van der Waals surface area contributed by atoms with Gasteiger partial charge in [-0.15, -0.1) is 0 Å². The second-order valence-corrected chi connectivity index (χ2v) is 4.43. The zero-order valence-corrected chi connectivity index (χ0v) is 8.91. The Balaban J connectivity index is 2.12. The molecule has 0 aliphatic carbocycles. The first-order valence-electron chi connectivity index (χ1n) is 5.68. The molecule has 1 atom stereocenters. The van der Waals surface area contributed by atoms with Crippen LogP contribution in [0.1, 0.15) is 32.1 Å². The van der Waals surface area contributed by atoms with Gasteiger partial charge in [-0.1, -0.05) is 0 Å². The fourth-order valence-electron chi connectivity index (χ4n) is 2.59. The zero-order chi connectivity index (χ0) is 10.7. The van der Waals surface area contributed by atoms with E-state index in [0.29, 0.717) is 32.7 Å². The minimum absolute atomic E-state index is 0.104. The minimum Gasteiger partial charge on any atom is -0.481 e. The summed E-state index contributed by atoms with van der Waals surface area (Å²) >= 11 is 0. The van der Waals surface area contributed by atoms with E-state index in [1.165, 1.54) is 0 Å². The Bertz CT molecular complexity index is 227. The van der Waals surface area contributed by atoms with Crippen molar-refractivity contribution in [2.45, 2.75) is 38.2 Å². The average Bonchev–Trinajstić information content (AvgIpc) is 2.31. The molecule has 2 saturated heterocycles. The lowest BCUT2D eigenvalue weighted by Crippen LogP contribution is -2.48. The van der Waals surface area contributed by atoms with Crippen LogP contribution in [0.25, 0.3) is 0 Å². The fraction of sp³-hybridized carbons (Fsp3) is 0.909. The molecule has 0 bridgehead atoms. The summed E-state index contributed by atoms with van der Waals surface area (Å²) in [5, 5.41) is 9.41. The maximum absolute atomic E-state index is 11.4. The van der Waals surface area contributed by atoms with Gasteiger partial charge in [0.2, 0.25) is 0 Å². The van der Waals surface area contributed by atoms with Gasteiger partial charge in [0.15, 0.2) is 0 Å². The quantitative estimate of drug-likeness (QED) is 0.755. The lowest BCUT2D eigenvalue weighted by molar-refractivity contribution is -0.174. The molecule has 2 heterocycles. The SMILES string of the molecule is O=C(O)C1(C2CCCCO2)CCOCC1. The van der Waals surface area contributed by atoms with Crippen LogP contribution in [0.3, 0.4) is 0 Å². The molecule has 2 rings (SSSR count). The lowest BCUT2D eigenvalue weighted by Gasteiger charge is -2.41. The van der Waals surface area contributed by atoms with Crippen molar-refractivity contribution in [1.29, 1.82) is 0 Å². The molecule has 4 heteroatoms. The highest BCUT2D eigenvalue weighted by Crippen LogP contribution is 2.39.